The Morgan fingerprint density at radius 2 is 1.70 bits per heavy atom. The van der Waals surface area contributed by atoms with Crippen molar-refractivity contribution in [3.63, 3.8) is 0 Å². The first kappa shape index (κ1) is 24.1. The van der Waals surface area contributed by atoms with Gasteiger partial charge in [0.2, 0.25) is 5.95 Å². The first-order chi connectivity index (χ1) is 17.7. The second-order valence-electron chi connectivity index (χ2n) is 9.62. The number of rotatable bonds is 4. The largest absolute Gasteiger partial charge is 0.345 e. The number of halogens is 3. The molecule has 1 saturated heterocycles. The van der Waals surface area contributed by atoms with Crippen LogP contribution in [0.2, 0.25) is 5.02 Å². The van der Waals surface area contributed by atoms with Gasteiger partial charge in [0.1, 0.15) is 5.82 Å². The van der Waals surface area contributed by atoms with Crippen molar-refractivity contribution >= 4 is 44.3 Å². The Bertz CT molecular complexity index is 1610. The molecule has 0 radical (unpaired) electrons. The molecule has 1 aliphatic carbocycles. The molecular weight excluding hydrogens is 522 g/mol. The predicted molar refractivity (Wildman–Crippen MR) is 137 cm³/mol. The minimum Gasteiger partial charge on any atom is -0.345 e. The summed E-state index contributed by atoms with van der Waals surface area (Å²) < 4.78 is 56.0. The fourth-order valence-electron chi connectivity index (χ4n) is 5.26. The fraction of sp³-hybridized carbons (Fsp3) is 0.320. The topological polar surface area (TPSA) is 84.2 Å². The summed E-state index contributed by atoms with van der Waals surface area (Å²) in [6.07, 6.45) is 4.94. The van der Waals surface area contributed by atoms with E-state index < -0.39 is 21.7 Å². The summed E-state index contributed by atoms with van der Waals surface area (Å²) >= 11 is 6.53. The standard InChI is InChI=1S/C25H23ClF2N6O2S/c1-16-3-5-19(6-4-16)37(35,36)34-21-12-17(27)11-20(26)22(21)23(31-34)33-10-9-32(15-25(33)7-2-8-25)24-29-13-18(28)14-30-24/h3-6,11-14H,2,7-10,15H2,1H3. The molecule has 0 atom stereocenters. The third-order valence-electron chi connectivity index (χ3n) is 7.28. The second-order valence-corrected chi connectivity index (χ2v) is 11.8. The van der Waals surface area contributed by atoms with Gasteiger partial charge in [-0.15, -0.1) is 5.10 Å². The molecule has 0 unspecified atom stereocenters. The van der Waals surface area contributed by atoms with Gasteiger partial charge in [-0.1, -0.05) is 29.3 Å². The van der Waals surface area contributed by atoms with Crippen molar-refractivity contribution in [2.24, 2.45) is 0 Å². The first-order valence-corrected chi connectivity index (χ1v) is 13.7. The number of piperazine rings is 1. The Morgan fingerprint density at radius 3 is 2.35 bits per heavy atom. The van der Waals surface area contributed by atoms with Gasteiger partial charge in [0.15, 0.2) is 11.6 Å². The van der Waals surface area contributed by atoms with E-state index in [4.69, 9.17) is 11.6 Å². The van der Waals surface area contributed by atoms with E-state index in [0.29, 0.717) is 36.8 Å². The van der Waals surface area contributed by atoms with Crippen molar-refractivity contribution < 1.29 is 17.2 Å². The summed E-state index contributed by atoms with van der Waals surface area (Å²) in [5.74, 6) is -0.324. The lowest BCUT2D eigenvalue weighted by Crippen LogP contribution is -2.66. The molecule has 0 bridgehead atoms. The third kappa shape index (κ3) is 3.91. The lowest BCUT2D eigenvalue weighted by atomic mass is 9.73. The Kier molecular flexibility index (Phi) is 5.61. The molecule has 2 aliphatic rings. The van der Waals surface area contributed by atoms with Crippen LogP contribution < -0.4 is 9.80 Å². The van der Waals surface area contributed by atoms with E-state index in [1.54, 1.807) is 12.1 Å². The van der Waals surface area contributed by atoms with E-state index in [0.717, 1.165) is 47.4 Å². The summed E-state index contributed by atoms with van der Waals surface area (Å²) in [6.45, 7) is 3.40. The number of aromatic nitrogens is 4. The normalized spacial score (nSPS) is 17.4. The highest BCUT2D eigenvalue weighted by molar-refractivity contribution is 7.90. The zero-order valence-corrected chi connectivity index (χ0v) is 21.5. The Hall–Kier alpha value is -3.31. The summed E-state index contributed by atoms with van der Waals surface area (Å²) in [4.78, 5) is 12.4. The average Bonchev–Trinajstić information content (AvgIpc) is 3.24. The Balaban J connectivity index is 1.47. The van der Waals surface area contributed by atoms with Gasteiger partial charge in [-0.25, -0.2) is 18.7 Å². The predicted octanol–water partition coefficient (Wildman–Crippen LogP) is 4.55. The van der Waals surface area contributed by atoms with E-state index in [-0.39, 0.29) is 21.0 Å². The van der Waals surface area contributed by atoms with E-state index >= 15 is 0 Å². The van der Waals surface area contributed by atoms with Gasteiger partial charge >= 0.3 is 0 Å². The summed E-state index contributed by atoms with van der Waals surface area (Å²) in [7, 11) is -4.13. The first-order valence-electron chi connectivity index (χ1n) is 11.9. The number of fused-ring (bicyclic) bond motifs is 1. The molecule has 3 heterocycles. The maximum atomic E-state index is 14.5. The van der Waals surface area contributed by atoms with Crippen molar-refractivity contribution in [3.05, 3.63) is 71.0 Å². The van der Waals surface area contributed by atoms with E-state index in [1.165, 1.54) is 18.2 Å². The van der Waals surface area contributed by atoms with Crippen LogP contribution in [0.25, 0.3) is 10.9 Å². The molecule has 1 spiro atoms. The Morgan fingerprint density at radius 1 is 1.00 bits per heavy atom. The van der Waals surface area contributed by atoms with Crippen LogP contribution >= 0.6 is 11.6 Å². The van der Waals surface area contributed by atoms with Gasteiger partial charge in [0, 0.05) is 25.7 Å². The summed E-state index contributed by atoms with van der Waals surface area (Å²) in [5.41, 5.74) is 0.626. The number of anilines is 2. The molecule has 37 heavy (non-hydrogen) atoms. The molecule has 0 amide bonds. The second kappa shape index (κ2) is 8.63. The van der Waals surface area contributed by atoms with Crippen LogP contribution in [0.4, 0.5) is 20.5 Å². The van der Waals surface area contributed by atoms with E-state index in [9.17, 15) is 17.2 Å². The fourth-order valence-corrected chi connectivity index (χ4v) is 6.82. The number of hydrogen-bond acceptors (Lipinski definition) is 7. The van der Waals surface area contributed by atoms with Crippen molar-refractivity contribution in [1.82, 2.24) is 19.2 Å². The van der Waals surface area contributed by atoms with Crippen LogP contribution in [0, 0.1) is 18.6 Å². The van der Waals surface area contributed by atoms with Gasteiger partial charge in [0.25, 0.3) is 10.0 Å². The van der Waals surface area contributed by atoms with Crippen LogP contribution in [0.5, 0.6) is 0 Å². The summed E-state index contributed by atoms with van der Waals surface area (Å²) in [5, 5.41) is 5.05. The van der Waals surface area contributed by atoms with Crippen LogP contribution in [-0.4, -0.2) is 52.7 Å². The number of nitrogens with zero attached hydrogens (tertiary/aromatic N) is 6. The monoisotopic (exact) mass is 544 g/mol. The molecule has 2 aromatic heterocycles. The molecule has 1 saturated carbocycles. The minimum absolute atomic E-state index is 0.0473. The highest BCUT2D eigenvalue weighted by Gasteiger charge is 2.48. The van der Waals surface area contributed by atoms with Gasteiger partial charge in [-0.2, -0.15) is 12.5 Å². The molecule has 6 rings (SSSR count). The average molecular weight is 545 g/mol. The van der Waals surface area contributed by atoms with Gasteiger partial charge < -0.3 is 9.80 Å². The summed E-state index contributed by atoms with van der Waals surface area (Å²) in [6, 6.07) is 8.75. The van der Waals surface area contributed by atoms with Crippen LogP contribution in [-0.2, 0) is 10.0 Å². The highest BCUT2D eigenvalue weighted by Crippen LogP contribution is 2.46. The van der Waals surface area contributed by atoms with Gasteiger partial charge in [-0.05, 0) is 44.4 Å². The maximum absolute atomic E-state index is 14.5. The molecule has 1 aliphatic heterocycles. The molecular formula is C25H23ClF2N6O2S. The Labute approximate surface area is 217 Å². The molecule has 12 heteroatoms. The van der Waals surface area contributed by atoms with E-state index in [2.05, 4.69) is 20.0 Å². The SMILES string of the molecule is Cc1ccc(S(=O)(=O)n2nc(N3CCN(c4ncc(F)cn4)CC34CCC4)c3c(Cl)cc(F)cc32)cc1. The van der Waals surface area contributed by atoms with Crippen LogP contribution in [0.3, 0.4) is 0 Å². The number of hydrogen-bond donors (Lipinski definition) is 0. The van der Waals surface area contributed by atoms with E-state index in [1.807, 2.05) is 11.8 Å². The molecule has 8 nitrogen and oxygen atoms in total. The van der Waals surface area contributed by atoms with Crippen molar-refractivity contribution in [1.29, 1.82) is 0 Å². The van der Waals surface area contributed by atoms with Gasteiger partial charge in [-0.3, -0.25) is 0 Å². The molecule has 4 aromatic rings. The highest BCUT2D eigenvalue weighted by atomic mass is 35.5. The quantitative estimate of drug-likeness (QED) is 0.372. The van der Waals surface area contributed by atoms with Crippen molar-refractivity contribution in [3.8, 4) is 0 Å². The minimum atomic E-state index is -4.13. The number of aryl methyl sites for hydroxylation is 1. The zero-order chi connectivity index (χ0) is 25.9. The zero-order valence-electron chi connectivity index (χ0n) is 19.9. The molecule has 192 valence electrons. The number of benzene rings is 2. The smallest absolute Gasteiger partial charge is 0.283 e. The van der Waals surface area contributed by atoms with Crippen molar-refractivity contribution in [2.45, 2.75) is 36.6 Å². The molecule has 0 N–H and O–H groups in total. The van der Waals surface area contributed by atoms with Crippen LogP contribution in [0.15, 0.2) is 53.7 Å². The van der Waals surface area contributed by atoms with Crippen LogP contribution in [0.1, 0.15) is 24.8 Å². The van der Waals surface area contributed by atoms with Gasteiger partial charge in [0.05, 0.1) is 38.8 Å². The molecule has 2 fully saturated rings. The lowest BCUT2D eigenvalue weighted by molar-refractivity contribution is 0.213. The third-order valence-corrected chi connectivity index (χ3v) is 9.18. The maximum Gasteiger partial charge on any atom is 0.283 e. The van der Waals surface area contributed by atoms with Crippen molar-refractivity contribution in [2.75, 3.05) is 29.4 Å². The lowest BCUT2D eigenvalue weighted by Gasteiger charge is -2.56. The molecule has 2 aromatic carbocycles.